The summed E-state index contributed by atoms with van der Waals surface area (Å²) in [4.78, 5) is 28.3. The molecule has 2 heterocycles. The maximum atomic E-state index is 13.5. The zero-order valence-electron chi connectivity index (χ0n) is 21.2. The quantitative estimate of drug-likeness (QED) is 0.221. The normalized spacial score (nSPS) is 18.3. The molecule has 1 atom stereocenters. The second kappa shape index (κ2) is 9.57. The van der Waals surface area contributed by atoms with Crippen LogP contribution in [0.2, 0.25) is 10.0 Å². The van der Waals surface area contributed by atoms with Crippen LogP contribution >= 0.6 is 23.2 Å². The van der Waals surface area contributed by atoms with Gasteiger partial charge in [-0.25, -0.2) is 0 Å². The van der Waals surface area contributed by atoms with Crippen LogP contribution in [0.3, 0.4) is 0 Å². The molecule has 5 rings (SSSR count). The number of hydrogen-bond donors (Lipinski definition) is 1. The van der Waals surface area contributed by atoms with Crippen LogP contribution in [0.25, 0.3) is 5.76 Å². The van der Waals surface area contributed by atoms with Gasteiger partial charge in [0.2, 0.25) is 6.79 Å². The van der Waals surface area contributed by atoms with E-state index in [1.165, 1.54) is 24.1 Å². The summed E-state index contributed by atoms with van der Waals surface area (Å²) < 4.78 is 16.1. The maximum absolute atomic E-state index is 13.5. The largest absolute Gasteiger partial charge is 0.507 e. The zero-order chi connectivity index (χ0) is 27.4. The second-order valence-electron chi connectivity index (χ2n) is 10.1. The molecule has 0 spiro atoms. The second-order valence-corrected chi connectivity index (χ2v) is 10.9. The molecule has 7 nitrogen and oxygen atoms in total. The number of halogens is 2. The van der Waals surface area contributed by atoms with Crippen molar-refractivity contribution < 1.29 is 28.9 Å². The lowest BCUT2D eigenvalue weighted by molar-refractivity contribution is -0.132. The summed E-state index contributed by atoms with van der Waals surface area (Å²) in [5.41, 5.74) is 2.13. The Kier molecular flexibility index (Phi) is 6.53. The van der Waals surface area contributed by atoms with Gasteiger partial charge in [0, 0.05) is 17.3 Å². The summed E-state index contributed by atoms with van der Waals surface area (Å²) >= 11 is 12.6. The van der Waals surface area contributed by atoms with Crippen LogP contribution in [0.15, 0.2) is 60.2 Å². The van der Waals surface area contributed by atoms with E-state index < -0.39 is 23.5 Å². The smallest absolute Gasteiger partial charge is 0.300 e. The summed E-state index contributed by atoms with van der Waals surface area (Å²) in [6.45, 7) is 6.35. The predicted octanol–water partition coefficient (Wildman–Crippen LogP) is 6.65. The molecule has 0 radical (unpaired) electrons. The van der Waals surface area contributed by atoms with Gasteiger partial charge in [-0.2, -0.15) is 0 Å². The van der Waals surface area contributed by atoms with Gasteiger partial charge in [-0.1, -0.05) is 68.2 Å². The molecule has 1 amide bonds. The molecule has 3 aromatic carbocycles. The molecular weight excluding hydrogens is 529 g/mol. The van der Waals surface area contributed by atoms with Crippen LogP contribution in [0.1, 0.15) is 43.5 Å². The van der Waals surface area contributed by atoms with E-state index in [-0.39, 0.29) is 39.1 Å². The average molecular weight is 554 g/mol. The molecule has 0 aromatic heterocycles. The Labute approximate surface area is 230 Å². The molecule has 2 aliphatic heterocycles. The highest BCUT2D eigenvalue weighted by atomic mass is 35.5. The lowest BCUT2D eigenvalue weighted by Crippen LogP contribution is -2.29. The van der Waals surface area contributed by atoms with Gasteiger partial charge in [0.15, 0.2) is 17.2 Å². The van der Waals surface area contributed by atoms with Gasteiger partial charge < -0.3 is 19.3 Å². The van der Waals surface area contributed by atoms with Crippen molar-refractivity contribution in [1.82, 2.24) is 0 Å². The van der Waals surface area contributed by atoms with Gasteiger partial charge in [0.25, 0.3) is 11.7 Å². The van der Waals surface area contributed by atoms with E-state index in [0.717, 1.165) is 5.56 Å². The minimum atomic E-state index is -0.927. The Morgan fingerprint density at radius 1 is 0.974 bits per heavy atom. The lowest BCUT2D eigenvalue weighted by atomic mass is 9.85. The van der Waals surface area contributed by atoms with Gasteiger partial charge in [-0.05, 0) is 40.8 Å². The number of aliphatic hydroxyl groups is 1. The fraction of sp³-hybridized carbons (Fsp3) is 0.241. The van der Waals surface area contributed by atoms with E-state index in [4.69, 9.17) is 37.4 Å². The number of methoxy groups -OCH3 is 1. The number of carbonyl (C=O) groups excluding carboxylic acids is 2. The van der Waals surface area contributed by atoms with E-state index in [2.05, 4.69) is 20.8 Å². The van der Waals surface area contributed by atoms with Crippen molar-refractivity contribution in [1.29, 1.82) is 0 Å². The molecule has 38 heavy (non-hydrogen) atoms. The van der Waals surface area contributed by atoms with Gasteiger partial charge in [-0.15, -0.1) is 0 Å². The molecule has 0 bridgehead atoms. The van der Waals surface area contributed by atoms with Crippen molar-refractivity contribution in [2.45, 2.75) is 32.2 Å². The SMILES string of the molecule is COc1c(Cl)cc(/C(O)=C2\C(=O)C(=O)N(c3ccc4c(c3)OCO4)C2c2ccc(C(C)(C)C)cc2)cc1Cl. The molecule has 9 heteroatoms. The number of hydrogen-bond acceptors (Lipinski definition) is 6. The van der Waals surface area contributed by atoms with Gasteiger partial charge in [0.05, 0.1) is 28.8 Å². The van der Waals surface area contributed by atoms with Crippen LogP contribution in [-0.2, 0) is 15.0 Å². The minimum absolute atomic E-state index is 0.0638. The molecule has 0 saturated carbocycles. The van der Waals surface area contributed by atoms with Crippen LogP contribution in [-0.4, -0.2) is 30.7 Å². The first-order valence-electron chi connectivity index (χ1n) is 11.9. The first-order chi connectivity index (χ1) is 18.0. The summed E-state index contributed by atoms with van der Waals surface area (Å²) in [5.74, 6) is -0.795. The van der Waals surface area contributed by atoms with Gasteiger partial charge in [-0.3, -0.25) is 14.5 Å². The van der Waals surface area contributed by atoms with Crippen LogP contribution in [0, 0.1) is 0 Å². The molecule has 1 unspecified atom stereocenters. The molecule has 3 aromatic rings. The summed E-state index contributed by atoms with van der Waals surface area (Å²) in [5, 5.41) is 11.7. The number of fused-ring (bicyclic) bond motifs is 1. The van der Waals surface area contributed by atoms with E-state index in [0.29, 0.717) is 22.7 Å². The van der Waals surface area contributed by atoms with Crippen LogP contribution in [0.4, 0.5) is 5.69 Å². The Hall–Kier alpha value is -3.68. The fourth-order valence-electron chi connectivity index (χ4n) is 4.66. The van der Waals surface area contributed by atoms with Gasteiger partial charge in [0.1, 0.15) is 5.76 Å². The Morgan fingerprint density at radius 3 is 2.21 bits per heavy atom. The molecule has 1 saturated heterocycles. The van der Waals surface area contributed by atoms with Crippen LogP contribution in [0.5, 0.6) is 17.2 Å². The minimum Gasteiger partial charge on any atom is -0.507 e. The van der Waals surface area contributed by atoms with Crippen molar-refractivity contribution in [3.8, 4) is 17.2 Å². The first kappa shape index (κ1) is 25.9. The monoisotopic (exact) mass is 553 g/mol. The summed E-state index contributed by atoms with van der Waals surface area (Å²) in [6, 6.07) is 14.6. The number of ether oxygens (including phenoxy) is 3. The third kappa shape index (κ3) is 4.36. The summed E-state index contributed by atoms with van der Waals surface area (Å²) in [7, 11) is 1.42. The number of carbonyl (C=O) groups is 2. The van der Waals surface area contributed by atoms with E-state index >= 15 is 0 Å². The molecule has 196 valence electrons. The number of rotatable bonds is 4. The Morgan fingerprint density at radius 2 is 1.61 bits per heavy atom. The van der Waals surface area contributed by atoms with Crippen molar-refractivity contribution >= 4 is 46.3 Å². The Balaban J connectivity index is 1.71. The highest BCUT2D eigenvalue weighted by molar-refractivity contribution is 6.51. The van der Waals surface area contributed by atoms with E-state index in [9.17, 15) is 14.7 Å². The number of anilines is 1. The van der Waals surface area contributed by atoms with E-state index in [1.54, 1.807) is 18.2 Å². The third-order valence-corrected chi connectivity index (χ3v) is 7.21. The zero-order valence-corrected chi connectivity index (χ0v) is 22.7. The summed E-state index contributed by atoms with van der Waals surface area (Å²) in [6.07, 6.45) is 0. The Bertz CT molecular complexity index is 1470. The highest BCUT2D eigenvalue weighted by Crippen LogP contribution is 2.46. The number of benzene rings is 3. The predicted molar refractivity (Wildman–Crippen MR) is 146 cm³/mol. The number of nitrogens with zero attached hydrogens (tertiary/aromatic N) is 1. The maximum Gasteiger partial charge on any atom is 0.300 e. The number of Topliss-reactive ketones (excluding diaryl/α,β-unsaturated/α-hetero) is 1. The topological polar surface area (TPSA) is 85.3 Å². The first-order valence-corrected chi connectivity index (χ1v) is 12.6. The molecule has 1 fully saturated rings. The average Bonchev–Trinajstić information content (AvgIpc) is 3.44. The fourth-order valence-corrected chi connectivity index (χ4v) is 5.30. The molecular formula is C29H25Cl2NO6. The molecule has 1 N–H and O–H groups in total. The molecule has 2 aliphatic rings. The third-order valence-electron chi connectivity index (χ3n) is 6.65. The van der Waals surface area contributed by atoms with Crippen molar-refractivity contribution in [3.63, 3.8) is 0 Å². The van der Waals surface area contributed by atoms with Crippen molar-refractivity contribution in [2.24, 2.45) is 0 Å². The van der Waals surface area contributed by atoms with Crippen molar-refractivity contribution in [2.75, 3.05) is 18.8 Å². The van der Waals surface area contributed by atoms with Crippen molar-refractivity contribution in [3.05, 3.63) is 86.9 Å². The number of aliphatic hydroxyl groups excluding tert-OH is 1. The van der Waals surface area contributed by atoms with E-state index in [1.807, 2.05) is 24.3 Å². The number of amides is 1. The standard InChI is InChI=1S/C29H25Cl2NO6/c1-29(2,3)17-7-5-15(6-8-17)24-23(25(33)16-11-19(30)27(36-4)20(31)12-16)26(34)28(35)32(24)18-9-10-21-22(13-18)38-14-37-21/h5-13,24,33H,14H2,1-4H3/b25-23+. The highest BCUT2D eigenvalue weighted by Gasteiger charge is 2.47. The van der Waals surface area contributed by atoms with Crippen LogP contribution < -0.4 is 19.1 Å². The number of ketones is 1. The van der Waals surface area contributed by atoms with Gasteiger partial charge >= 0.3 is 0 Å². The molecule has 0 aliphatic carbocycles. The lowest BCUT2D eigenvalue weighted by Gasteiger charge is -2.27.